The second kappa shape index (κ2) is 3.37. The van der Waals surface area contributed by atoms with E-state index < -0.39 is 0 Å². The molecule has 0 atom stereocenters. The van der Waals surface area contributed by atoms with Crippen molar-refractivity contribution in [3.63, 3.8) is 0 Å². The van der Waals surface area contributed by atoms with E-state index >= 15 is 0 Å². The van der Waals surface area contributed by atoms with Crippen LogP contribution in [-0.4, -0.2) is 22.0 Å². The van der Waals surface area contributed by atoms with Gasteiger partial charge in [0.05, 0.1) is 29.5 Å². The summed E-state index contributed by atoms with van der Waals surface area (Å²) < 4.78 is 1.66. The molecule has 3 N–H and O–H groups in total. The van der Waals surface area contributed by atoms with Crippen LogP contribution < -0.4 is 11.1 Å². The van der Waals surface area contributed by atoms with Crippen LogP contribution in [0.4, 0.5) is 11.4 Å². The van der Waals surface area contributed by atoms with Crippen LogP contribution >= 0.6 is 0 Å². The molecule has 0 aliphatic carbocycles. The molecule has 0 amide bonds. The molecule has 14 heavy (non-hydrogen) atoms. The highest BCUT2D eigenvalue weighted by molar-refractivity contribution is 5.68. The Hall–Kier alpha value is -2.04. The van der Waals surface area contributed by atoms with Crippen molar-refractivity contribution in [2.45, 2.75) is 0 Å². The number of nitrogens with zero attached hydrogens (tertiary/aromatic N) is 3. The third-order valence-corrected chi connectivity index (χ3v) is 1.99. The minimum atomic E-state index is 0.695. The molecule has 0 unspecified atom stereocenters. The highest BCUT2D eigenvalue weighted by atomic mass is 15.4. The highest BCUT2D eigenvalue weighted by Gasteiger charge is 2.00. The summed E-state index contributed by atoms with van der Waals surface area (Å²) in [5.74, 6) is 0. The lowest BCUT2D eigenvalue weighted by atomic mass is 10.2. The normalized spacial score (nSPS) is 10.1. The van der Waals surface area contributed by atoms with Gasteiger partial charge < -0.3 is 11.1 Å². The fourth-order valence-electron chi connectivity index (χ4n) is 1.27. The maximum absolute atomic E-state index is 5.81. The predicted octanol–water partition coefficient (Wildman–Crippen LogP) is 0.891. The van der Waals surface area contributed by atoms with Crippen LogP contribution in [0.3, 0.4) is 0 Å². The smallest absolute Gasteiger partial charge is 0.0697 e. The largest absolute Gasteiger partial charge is 0.397 e. The monoisotopic (exact) mass is 189 g/mol. The van der Waals surface area contributed by atoms with Gasteiger partial charge in [-0.15, -0.1) is 5.10 Å². The maximum atomic E-state index is 5.81. The molecule has 1 aromatic heterocycles. The first kappa shape index (κ1) is 8.55. The lowest BCUT2D eigenvalue weighted by Gasteiger charge is -2.06. The van der Waals surface area contributed by atoms with Crippen molar-refractivity contribution in [1.82, 2.24) is 15.0 Å². The molecule has 0 aliphatic rings. The van der Waals surface area contributed by atoms with Gasteiger partial charge in [0.1, 0.15) is 0 Å². The van der Waals surface area contributed by atoms with Crippen molar-refractivity contribution in [1.29, 1.82) is 0 Å². The van der Waals surface area contributed by atoms with Gasteiger partial charge in [-0.25, -0.2) is 4.68 Å². The molecule has 2 rings (SSSR count). The summed E-state index contributed by atoms with van der Waals surface area (Å²) in [4.78, 5) is 0. The number of nitrogens with two attached hydrogens (primary N) is 1. The van der Waals surface area contributed by atoms with E-state index in [1.165, 1.54) is 0 Å². The van der Waals surface area contributed by atoms with Crippen molar-refractivity contribution in [3.05, 3.63) is 30.6 Å². The summed E-state index contributed by atoms with van der Waals surface area (Å²) in [7, 11) is 1.83. The first-order valence-electron chi connectivity index (χ1n) is 4.25. The van der Waals surface area contributed by atoms with Gasteiger partial charge in [0, 0.05) is 7.05 Å². The lowest BCUT2D eigenvalue weighted by Crippen LogP contribution is -2.00. The molecule has 5 heteroatoms. The minimum absolute atomic E-state index is 0.695. The zero-order valence-corrected chi connectivity index (χ0v) is 7.81. The van der Waals surface area contributed by atoms with Crippen LogP contribution in [0.1, 0.15) is 0 Å². The second-order valence-electron chi connectivity index (χ2n) is 2.87. The Morgan fingerprint density at radius 3 is 2.86 bits per heavy atom. The third kappa shape index (κ3) is 1.39. The minimum Gasteiger partial charge on any atom is -0.397 e. The van der Waals surface area contributed by atoms with Gasteiger partial charge in [-0.05, 0) is 18.2 Å². The Balaban J connectivity index is 2.43. The zero-order chi connectivity index (χ0) is 9.97. The summed E-state index contributed by atoms with van der Waals surface area (Å²) in [6, 6.07) is 5.68. The van der Waals surface area contributed by atoms with Crippen molar-refractivity contribution in [2.24, 2.45) is 0 Å². The molecule has 0 saturated heterocycles. The number of anilines is 2. The molecular formula is C9H11N5. The van der Waals surface area contributed by atoms with E-state index in [1.807, 2.05) is 25.2 Å². The average Bonchev–Trinajstić information content (AvgIpc) is 2.70. The van der Waals surface area contributed by atoms with Crippen LogP contribution in [-0.2, 0) is 0 Å². The van der Waals surface area contributed by atoms with E-state index in [2.05, 4.69) is 15.6 Å². The first-order chi connectivity index (χ1) is 6.81. The van der Waals surface area contributed by atoms with Crippen molar-refractivity contribution >= 4 is 11.4 Å². The zero-order valence-electron chi connectivity index (χ0n) is 7.81. The SMILES string of the molecule is CNc1ccc(-n2ccnn2)cc1N. The van der Waals surface area contributed by atoms with Gasteiger partial charge in [-0.1, -0.05) is 5.21 Å². The number of benzene rings is 1. The van der Waals surface area contributed by atoms with Crippen LogP contribution in [0.15, 0.2) is 30.6 Å². The van der Waals surface area contributed by atoms with Gasteiger partial charge in [0.2, 0.25) is 0 Å². The van der Waals surface area contributed by atoms with Crippen LogP contribution in [0.5, 0.6) is 0 Å². The average molecular weight is 189 g/mol. The van der Waals surface area contributed by atoms with E-state index in [9.17, 15) is 0 Å². The molecule has 5 nitrogen and oxygen atoms in total. The van der Waals surface area contributed by atoms with Crippen molar-refractivity contribution in [2.75, 3.05) is 18.1 Å². The number of nitrogens with one attached hydrogen (secondary N) is 1. The second-order valence-corrected chi connectivity index (χ2v) is 2.87. The fraction of sp³-hybridized carbons (Fsp3) is 0.111. The van der Waals surface area contributed by atoms with Crippen LogP contribution in [0.2, 0.25) is 0 Å². The molecule has 0 bridgehead atoms. The summed E-state index contributed by atoms with van der Waals surface area (Å²) in [5, 5.41) is 10.6. The molecular weight excluding hydrogens is 178 g/mol. The van der Waals surface area contributed by atoms with Crippen molar-refractivity contribution in [3.8, 4) is 5.69 Å². The molecule has 0 saturated carbocycles. The summed E-state index contributed by atoms with van der Waals surface area (Å²) >= 11 is 0. The first-order valence-corrected chi connectivity index (χ1v) is 4.25. The molecule has 1 heterocycles. The molecule has 0 spiro atoms. The molecule has 2 aromatic rings. The van der Waals surface area contributed by atoms with Gasteiger partial charge in [-0.3, -0.25) is 0 Å². The van der Waals surface area contributed by atoms with E-state index in [4.69, 9.17) is 5.73 Å². The number of hydrogen-bond acceptors (Lipinski definition) is 4. The standard InChI is InChI=1S/C9H11N5/c1-11-9-3-2-7(6-8(9)10)14-5-4-12-13-14/h2-6,11H,10H2,1H3. The Bertz CT molecular complexity index is 421. The van der Waals surface area contributed by atoms with Crippen LogP contribution in [0.25, 0.3) is 5.69 Å². The topological polar surface area (TPSA) is 68.8 Å². The fourth-order valence-corrected chi connectivity index (χ4v) is 1.27. The number of nitrogen functional groups attached to an aromatic ring is 1. The van der Waals surface area contributed by atoms with Gasteiger partial charge in [0.25, 0.3) is 0 Å². The lowest BCUT2D eigenvalue weighted by molar-refractivity contribution is 0.803. The molecule has 0 radical (unpaired) electrons. The Kier molecular flexibility index (Phi) is 2.06. The van der Waals surface area contributed by atoms with E-state index in [0.717, 1.165) is 11.4 Å². The van der Waals surface area contributed by atoms with E-state index in [-0.39, 0.29) is 0 Å². The van der Waals surface area contributed by atoms with Crippen LogP contribution in [0, 0.1) is 0 Å². The van der Waals surface area contributed by atoms with Gasteiger partial charge >= 0.3 is 0 Å². The Morgan fingerprint density at radius 2 is 2.29 bits per heavy atom. The quantitative estimate of drug-likeness (QED) is 0.688. The maximum Gasteiger partial charge on any atom is 0.0697 e. The van der Waals surface area contributed by atoms with E-state index in [1.54, 1.807) is 17.1 Å². The molecule has 72 valence electrons. The highest BCUT2D eigenvalue weighted by Crippen LogP contribution is 2.20. The number of hydrogen-bond donors (Lipinski definition) is 2. The summed E-state index contributed by atoms with van der Waals surface area (Å²) in [5.41, 5.74) is 8.32. The summed E-state index contributed by atoms with van der Waals surface area (Å²) in [6.45, 7) is 0. The Morgan fingerprint density at radius 1 is 1.43 bits per heavy atom. The number of aromatic nitrogens is 3. The van der Waals surface area contributed by atoms with E-state index in [0.29, 0.717) is 5.69 Å². The Labute approximate surface area is 81.5 Å². The van der Waals surface area contributed by atoms with Crippen molar-refractivity contribution < 1.29 is 0 Å². The summed E-state index contributed by atoms with van der Waals surface area (Å²) in [6.07, 6.45) is 3.40. The predicted molar refractivity (Wildman–Crippen MR) is 55.3 cm³/mol. The third-order valence-electron chi connectivity index (χ3n) is 1.99. The van der Waals surface area contributed by atoms with Gasteiger partial charge in [-0.2, -0.15) is 0 Å². The number of rotatable bonds is 2. The molecule has 0 aliphatic heterocycles. The molecule has 0 fully saturated rings. The molecule has 1 aromatic carbocycles. The van der Waals surface area contributed by atoms with Gasteiger partial charge in [0.15, 0.2) is 0 Å².